The van der Waals surface area contributed by atoms with Crippen LogP contribution in [0.5, 0.6) is 0 Å². The highest BCUT2D eigenvalue weighted by molar-refractivity contribution is 6.30. The first kappa shape index (κ1) is 16.4. The molecule has 3 fully saturated rings. The van der Waals surface area contributed by atoms with E-state index in [0.717, 1.165) is 31.2 Å². The molecule has 132 valence electrons. The third kappa shape index (κ3) is 2.59. The topological polar surface area (TPSA) is 69.7 Å². The molecule has 2 aliphatic heterocycles. The van der Waals surface area contributed by atoms with Crippen molar-refractivity contribution >= 4 is 29.4 Å². The zero-order valence-electron chi connectivity index (χ0n) is 13.8. The second kappa shape index (κ2) is 6.02. The number of urea groups is 1. The molecule has 1 saturated carbocycles. The molecule has 0 atom stereocenters. The van der Waals surface area contributed by atoms with Crippen molar-refractivity contribution in [1.82, 2.24) is 15.1 Å². The standard InChI is InChI=1S/C18H20ClN3O3/c19-13-5-3-12(4-6-13)18(7-1-2-8-18)16(24)21-10-14(11-21)22-15(23)9-20-17(22)25/h3-6,14H,1-2,7-11H2,(H,20,25). The van der Waals surface area contributed by atoms with Gasteiger partial charge in [0, 0.05) is 18.1 Å². The number of hydrogen-bond donors (Lipinski definition) is 1. The minimum Gasteiger partial charge on any atom is -0.338 e. The van der Waals surface area contributed by atoms with Crippen LogP contribution in [-0.4, -0.2) is 53.3 Å². The van der Waals surface area contributed by atoms with E-state index in [1.165, 1.54) is 4.90 Å². The molecule has 4 rings (SSSR count). The maximum atomic E-state index is 13.2. The molecule has 0 aromatic heterocycles. The largest absolute Gasteiger partial charge is 0.338 e. The minimum atomic E-state index is -0.493. The Kier molecular flexibility index (Phi) is 3.95. The molecule has 0 spiro atoms. The van der Waals surface area contributed by atoms with Crippen molar-refractivity contribution in [2.45, 2.75) is 37.1 Å². The zero-order chi connectivity index (χ0) is 17.6. The van der Waals surface area contributed by atoms with Crippen LogP contribution < -0.4 is 5.32 Å². The van der Waals surface area contributed by atoms with E-state index in [1.807, 2.05) is 24.3 Å². The molecule has 2 saturated heterocycles. The van der Waals surface area contributed by atoms with E-state index >= 15 is 0 Å². The fourth-order valence-electron chi connectivity index (χ4n) is 4.26. The molecule has 2 heterocycles. The molecule has 6 nitrogen and oxygen atoms in total. The summed E-state index contributed by atoms with van der Waals surface area (Å²) >= 11 is 5.99. The van der Waals surface area contributed by atoms with Crippen molar-refractivity contribution in [2.24, 2.45) is 0 Å². The molecule has 1 aliphatic carbocycles. The molecular formula is C18H20ClN3O3. The fraction of sp³-hybridized carbons (Fsp3) is 0.500. The van der Waals surface area contributed by atoms with Gasteiger partial charge < -0.3 is 10.2 Å². The Morgan fingerprint density at radius 3 is 2.32 bits per heavy atom. The van der Waals surface area contributed by atoms with E-state index in [1.54, 1.807) is 4.90 Å². The van der Waals surface area contributed by atoms with Crippen molar-refractivity contribution in [3.63, 3.8) is 0 Å². The van der Waals surface area contributed by atoms with E-state index in [9.17, 15) is 14.4 Å². The summed E-state index contributed by atoms with van der Waals surface area (Å²) in [6.07, 6.45) is 3.72. The maximum absolute atomic E-state index is 13.2. The third-order valence-corrected chi connectivity index (χ3v) is 5.91. The van der Waals surface area contributed by atoms with Crippen LogP contribution in [0.3, 0.4) is 0 Å². The number of likely N-dealkylation sites (tertiary alicyclic amines) is 1. The van der Waals surface area contributed by atoms with Crippen LogP contribution in [0, 0.1) is 0 Å². The minimum absolute atomic E-state index is 0.0536. The van der Waals surface area contributed by atoms with Crippen LogP contribution >= 0.6 is 11.6 Å². The highest BCUT2D eigenvalue weighted by Crippen LogP contribution is 2.43. The Labute approximate surface area is 151 Å². The molecule has 1 N–H and O–H groups in total. The van der Waals surface area contributed by atoms with Gasteiger partial charge in [0.25, 0.3) is 0 Å². The van der Waals surface area contributed by atoms with Gasteiger partial charge in [-0.05, 0) is 30.5 Å². The first-order chi connectivity index (χ1) is 12.0. The number of nitrogens with zero attached hydrogens (tertiary/aromatic N) is 2. The van der Waals surface area contributed by atoms with Crippen LogP contribution in [0.25, 0.3) is 0 Å². The van der Waals surface area contributed by atoms with Crippen LogP contribution in [0.1, 0.15) is 31.2 Å². The summed E-state index contributed by atoms with van der Waals surface area (Å²) in [4.78, 5) is 39.8. The number of hydrogen-bond acceptors (Lipinski definition) is 3. The quantitative estimate of drug-likeness (QED) is 0.836. The molecule has 1 aromatic rings. The van der Waals surface area contributed by atoms with Crippen LogP contribution in [0.2, 0.25) is 5.02 Å². The molecule has 0 unspecified atom stereocenters. The highest BCUT2D eigenvalue weighted by Gasteiger charge is 2.50. The van der Waals surface area contributed by atoms with E-state index < -0.39 is 5.41 Å². The van der Waals surface area contributed by atoms with Crippen molar-refractivity contribution in [1.29, 1.82) is 0 Å². The summed E-state index contributed by atoms with van der Waals surface area (Å²) < 4.78 is 0. The number of rotatable bonds is 3. The highest BCUT2D eigenvalue weighted by atomic mass is 35.5. The van der Waals surface area contributed by atoms with E-state index in [-0.39, 0.29) is 30.4 Å². The lowest BCUT2D eigenvalue weighted by atomic mass is 9.76. The monoisotopic (exact) mass is 361 g/mol. The first-order valence-electron chi connectivity index (χ1n) is 8.66. The second-order valence-electron chi connectivity index (χ2n) is 7.08. The van der Waals surface area contributed by atoms with Gasteiger partial charge in [-0.3, -0.25) is 14.5 Å². The lowest BCUT2D eigenvalue weighted by molar-refractivity contribution is -0.147. The maximum Gasteiger partial charge on any atom is 0.324 e. The molecular weight excluding hydrogens is 342 g/mol. The number of amides is 4. The van der Waals surface area contributed by atoms with E-state index in [4.69, 9.17) is 11.6 Å². The van der Waals surface area contributed by atoms with Crippen LogP contribution in [0.4, 0.5) is 4.79 Å². The van der Waals surface area contributed by atoms with Gasteiger partial charge in [-0.1, -0.05) is 36.6 Å². The average Bonchev–Trinajstić information content (AvgIpc) is 3.17. The third-order valence-electron chi connectivity index (χ3n) is 5.66. The van der Waals surface area contributed by atoms with Gasteiger partial charge in [0.1, 0.15) is 0 Å². The summed E-state index contributed by atoms with van der Waals surface area (Å²) in [7, 11) is 0. The Bertz CT molecular complexity index is 706. The second-order valence-corrected chi connectivity index (χ2v) is 7.52. The Hall–Kier alpha value is -2.08. The normalized spacial score (nSPS) is 22.9. The Morgan fingerprint density at radius 2 is 1.76 bits per heavy atom. The van der Waals surface area contributed by atoms with Crippen LogP contribution in [-0.2, 0) is 15.0 Å². The molecule has 7 heteroatoms. The predicted octanol–water partition coefficient (Wildman–Crippen LogP) is 1.91. The summed E-state index contributed by atoms with van der Waals surface area (Å²) in [6.45, 7) is 0.901. The van der Waals surface area contributed by atoms with Crippen molar-refractivity contribution in [3.8, 4) is 0 Å². The SMILES string of the molecule is O=C1CNC(=O)N1C1CN(C(=O)C2(c3ccc(Cl)cc3)CCCC2)C1. The molecule has 25 heavy (non-hydrogen) atoms. The number of halogens is 1. The summed E-state index contributed by atoms with van der Waals surface area (Å²) in [5.41, 5.74) is 0.519. The van der Waals surface area contributed by atoms with Gasteiger partial charge in [-0.15, -0.1) is 0 Å². The van der Waals surface area contributed by atoms with Gasteiger partial charge in [0.05, 0.1) is 18.0 Å². The lowest BCUT2D eigenvalue weighted by Crippen LogP contribution is -2.65. The first-order valence-corrected chi connectivity index (χ1v) is 9.04. The molecule has 1 aromatic carbocycles. The predicted molar refractivity (Wildman–Crippen MR) is 92.2 cm³/mol. The van der Waals surface area contributed by atoms with Crippen molar-refractivity contribution < 1.29 is 14.4 Å². The number of benzene rings is 1. The van der Waals surface area contributed by atoms with Crippen molar-refractivity contribution in [2.75, 3.05) is 19.6 Å². The van der Waals surface area contributed by atoms with Crippen LogP contribution in [0.15, 0.2) is 24.3 Å². The number of carbonyl (C=O) groups excluding carboxylic acids is 3. The summed E-state index contributed by atoms with van der Waals surface area (Å²) in [6, 6.07) is 6.99. The van der Waals surface area contributed by atoms with Crippen molar-refractivity contribution in [3.05, 3.63) is 34.9 Å². The molecule has 4 amide bonds. The fourth-order valence-corrected chi connectivity index (χ4v) is 4.39. The summed E-state index contributed by atoms with van der Waals surface area (Å²) in [5, 5.41) is 3.19. The number of carbonyl (C=O) groups is 3. The van der Waals surface area contributed by atoms with Gasteiger partial charge in [-0.25, -0.2) is 4.79 Å². The number of imide groups is 1. The van der Waals surface area contributed by atoms with E-state index in [2.05, 4.69) is 5.32 Å². The van der Waals surface area contributed by atoms with Gasteiger partial charge in [0.2, 0.25) is 11.8 Å². The molecule has 0 bridgehead atoms. The number of nitrogens with one attached hydrogen (secondary N) is 1. The Morgan fingerprint density at radius 1 is 1.12 bits per heavy atom. The average molecular weight is 362 g/mol. The summed E-state index contributed by atoms with van der Waals surface area (Å²) in [5.74, 6) is -0.106. The Balaban J connectivity index is 1.51. The van der Waals surface area contributed by atoms with Gasteiger partial charge in [-0.2, -0.15) is 0 Å². The lowest BCUT2D eigenvalue weighted by Gasteiger charge is -2.46. The zero-order valence-corrected chi connectivity index (χ0v) is 14.6. The van der Waals surface area contributed by atoms with E-state index in [0.29, 0.717) is 18.1 Å². The molecule has 3 aliphatic rings. The van der Waals surface area contributed by atoms with Gasteiger partial charge >= 0.3 is 6.03 Å². The molecule has 0 radical (unpaired) electrons. The smallest absolute Gasteiger partial charge is 0.324 e. The van der Waals surface area contributed by atoms with Gasteiger partial charge in [0.15, 0.2) is 0 Å².